The van der Waals surface area contributed by atoms with Crippen LogP contribution in [0.5, 0.6) is 5.75 Å². The van der Waals surface area contributed by atoms with Crippen molar-refractivity contribution in [3.05, 3.63) is 41.5 Å². The topological polar surface area (TPSA) is 74.2 Å². The number of ether oxygens (including phenoxy) is 1. The fourth-order valence-corrected chi connectivity index (χ4v) is 2.39. The van der Waals surface area contributed by atoms with Crippen molar-refractivity contribution in [1.82, 2.24) is 10.1 Å². The van der Waals surface area contributed by atoms with E-state index in [1.165, 1.54) is 0 Å². The first-order valence-corrected chi connectivity index (χ1v) is 7.28. The van der Waals surface area contributed by atoms with E-state index < -0.39 is 0 Å². The van der Waals surface area contributed by atoms with Crippen LogP contribution in [-0.2, 0) is 6.42 Å². The van der Waals surface area contributed by atoms with E-state index in [9.17, 15) is 0 Å². The van der Waals surface area contributed by atoms with Crippen molar-refractivity contribution in [3.8, 4) is 5.75 Å². The maximum atomic E-state index is 5.81. The van der Waals surface area contributed by atoms with Gasteiger partial charge in [-0.15, -0.1) is 0 Å². The van der Waals surface area contributed by atoms with Crippen LogP contribution < -0.4 is 10.5 Å². The number of para-hydroxylation sites is 1. The van der Waals surface area contributed by atoms with Crippen molar-refractivity contribution >= 4 is 0 Å². The fraction of sp³-hybridized carbons (Fsp3) is 0.500. The van der Waals surface area contributed by atoms with Gasteiger partial charge < -0.3 is 15.0 Å². The van der Waals surface area contributed by atoms with Crippen LogP contribution >= 0.6 is 0 Å². The molecule has 0 fully saturated rings. The monoisotopic (exact) mass is 289 g/mol. The van der Waals surface area contributed by atoms with Gasteiger partial charge in [0.25, 0.3) is 0 Å². The second-order valence-electron chi connectivity index (χ2n) is 5.60. The fourth-order valence-electron chi connectivity index (χ4n) is 2.39. The highest BCUT2D eigenvalue weighted by Crippen LogP contribution is 2.23. The number of hydrogen-bond donors (Lipinski definition) is 1. The van der Waals surface area contributed by atoms with Crippen molar-refractivity contribution in [2.24, 2.45) is 11.7 Å². The molecule has 1 aromatic heterocycles. The van der Waals surface area contributed by atoms with Crippen molar-refractivity contribution in [2.75, 3.05) is 13.7 Å². The third-order valence-corrected chi connectivity index (χ3v) is 3.41. The summed E-state index contributed by atoms with van der Waals surface area (Å²) in [5.74, 6) is 2.81. The van der Waals surface area contributed by atoms with Gasteiger partial charge in [-0.25, -0.2) is 0 Å². The molecule has 5 heteroatoms. The summed E-state index contributed by atoms with van der Waals surface area (Å²) in [5, 5.41) is 4.07. The number of aromatic nitrogens is 2. The molecular formula is C16H23N3O2. The Morgan fingerprint density at radius 1 is 1.29 bits per heavy atom. The summed E-state index contributed by atoms with van der Waals surface area (Å²) < 4.78 is 10.7. The molecule has 0 radical (unpaired) electrons. The van der Waals surface area contributed by atoms with Crippen LogP contribution in [0.3, 0.4) is 0 Å². The molecule has 0 saturated heterocycles. The van der Waals surface area contributed by atoms with Gasteiger partial charge in [0.2, 0.25) is 5.89 Å². The highest BCUT2D eigenvalue weighted by molar-refractivity contribution is 5.35. The SMILES string of the molecule is COc1ccccc1Cc1noc(C(CN)CC(C)C)n1. The van der Waals surface area contributed by atoms with Crippen molar-refractivity contribution in [3.63, 3.8) is 0 Å². The highest BCUT2D eigenvalue weighted by Gasteiger charge is 2.19. The lowest BCUT2D eigenvalue weighted by molar-refractivity contribution is 0.332. The Balaban J connectivity index is 2.12. The Kier molecular flexibility index (Phi) is 5.33. The first-order chi connectivity index (χ1) is 10.1. The Morgan fingerprint density at radius 3 is 2.71 bits per heavy atom. The van der Waals surface area contributed by atoms with E-state index >= 15 is 0 Å². The van der Waals surface area contributed by atoms with Crippen molar-refractivity contribution in [1.29, 1.82) is 0 Å². The minimum absolute atomic E-state index is 0.129. The number of benzene rings is 1. The van der Waals surface area contributed by atoms with E-state index in [2.05, 4.69) is 24.0 Å². The molecule has 0 aliphatic carbocycles. The zero-order valence-electron chi connectivity index (χ0n) is 12.9. The van der Waals surface area contributed by atoms with Gasteiger partial charge in [0, 0.05) is 18.5 Å². The quantitative estimate of drug-likeness (QED) is 0.848. The van der Waals surface area contributed by atoms with Gasteiger partial charge >= 0.3 is 0 Å². The molecule has 1 atom stereocenters. The molecule has 2 N–H and O–H groups in total. The Hall–Kier alpha value is -1.88. The zero-order valence-corrected chi connectivity index (χ0v) is 12.9. The average Bonchev–Trinajstić information content (AvgIpc) is 2.93. The first kappa shape index (κ1) is 15.5. The summed E-state index contributed by atoms with van der Waals surface area (Å²) in [4.78, 5) is 4.49. The molecule has 1 unspecified atom stereocenters. The largest absolute Gasteiger partial charge is 0.496 e. The number of nitrogens with zero attached hydrogens (tertiary/aromatic N) is 2. The van der Waals surface area contributed by atoms with Crippen LogP contribution in [0.25, 0.3) is 0 Å². The van der Waals surface area contributed by atoms with E-state index in [0.717, 1.165) is 17.7 Å². The molecular weight excluding hydrogens is 266 g/mol. The zero-order chi connectivity index (χ0) is 15.2. The molecule has 0 amide bonds. The van der Waals surface area contributed by atoms with Gasteiger partial charge in [0.1, 0.15) is 5.75 Å². The normalized spacial score (nSPS) is 12.6. The molecule has 5 nitrogen and oxygen atoms in total. The summed E-state index contributed by atoms with van der Waals surface area (Å²) in [6.07, 6.45) is 1.54. The van der Waals surface area contributed by atoms with E-state index in [1.807, 2.05) is 24.3 Å². The Bertz CT molecular complexity index is 566. The van der Waals surface area contributed by atoms with Crippen LogP contribution in [0.15, 0.2) is 28.8 Å². The van der Waals surface area contributed by atoms with Crippen LogP contribution in [0, 0.1) is 5.92 Å². The first-order valence-electron chi connectivity index (χ1n) is 7.28. The molecule has 21 heavy (non-hydrogen) atoms. The van der Waals surface area contributed by atoms with E-state index in [0.29, 0.717) is 30.6 Å². The number of nitrogens with two attached hydrogens (primary N) is 1. The maximum absolute atomic E-state index is 5.81. The lowest BCUT2D eigenvalue weighted by Crippen LogP contribution is -2.15. The smallest absolute Gasteiger partial charge is 0.231 e. The molecule has 2 rings (SSSR count). The molecule has 114 valence electrons. The molecule has 0 bridgehead atoms. The van der Waals surface area contributed by atoms with Gasteiger partial charge in [-0.1, -0.05) is 37.2 Å². The van der Waals surface area contributed by atoms with Gasteiger partial charge in [-0.05, 0) is 18.4 Å². The van der Waals surface area contributed by atoms with Gasteiger partial charge in [-0.2, -0.15) is 4.98 Å². The van der Waals surface area contributed by atoms with E-state index in [-0.39, 0.29) is 5.92 Å². The third-order valence-electron chi connectivity index (χ3n) is 3.41. The second-order valence-corrected chi connectivity index (χ2v) is 5.60. The van der Waals surface area contributed by atoms with Crippen molar-refractivity contribution < 1.29 is 9.26 Å². The average molecular weight is 289 g/mol. The van der Waals surface area contributed by atoms with Crippen LogP contribution in [0.1, 0.15) is 43.5 Å². The predicted molar refractivity (Wildman–Crippen MR) is 81.3 cm³/mol. The third kappa shape index (κ3) is 4.04. The molecule has 2 aromatic rings. The maximum Gasteiger partial charge on any atom is 0.231 e. The number of rotatable bonds is 7. The second kappa shape index (κ2) is 7.22. The minimum Gasteiger partial charge on any atom is -0.496 e. The number of methoxy groups -OCH3 is 1. The minimum atomic E-state index is 0.129. The molecule has 1 aromatic carbocycles. The van der Waals surface area contributed by atoms with Crippen LogP contribution in [0.4, 0.5) is 0 Å². The predicted octanol–water partition coefficient (Wildman–Crippen LogP) is 2.76. The van der Waals surface area contributed by atoms with Crippen molar-refractivity contribution in [2.45, 2.75) is 32.6 Å². The summed E-state index contributed by atoms with van der Waals surface area (Å²) in [6, 6.07) is 7.85. The van der Waals surface area contributed by atoms with Gasteiger partial charge in [0.05, 0.1) is 13.0 Å². The van der Waals surface area contributed by atoms with E-state index in [1.54, 1.807) is 7.11 Å². The van der Waals surface area contributed by atoms with E-state index in [4.69, 9.17) is 15.0 Å². The summed E-state index contributed by atoms with van der Waals surface area (Å²) in [6.45, 7) is 4.85. The van der Waals surface area contributed by atoms with Crippen LogP contribution in [0.2, 0.25) is 0 Å². The molecule has 0 saturated carbocycles. The van der Waals surface area contributed by atoms with Crippen LogP contribution in [-0.4, -0.2) is 23.8 Å². The molecule has 0 spiro atoms. The highest BCUT2D eigenvalue weighted by atomic mass is 16.5. The standard InChI is InChI=1S/C16H23N3O2/c1-11(2)8-13(10-17)16-18-15(19-21-16)9-12-6-4-5-7-14(12)20-3/h4-7,11,13H,8-10,17H2,1-3H3. The lowest BCUT2D eigenvalue weighted by atomic mass is 9.97. The van der Waals surface area contributed by atoms with Gasteiger partial charge in [-0.3, -0.25) is 0 Å². The Morgan fingerprint density at radius 2 is 2.05 bits per heavy atom. The molecule has 0 aliphatic heterocycles. The molecule has 1 heterocycles. The number of hydrogen-bond acceptors (Lipinski definition) is 5. The summed E-state index contributed by atoms with van der Waals surface area (Å²) in [7, 11) is 1.66. The Labute approximate surface area is 125 Å². The molecule has 0 aliphatic rings. The van der Waals surface area contributed by atoms with Gasteiger partial charge in [0.15, 0.2) is 5.82 Å². The lowest BCUT2D eigenvalue weighted by Gasteiger charge is -2.11. The summed E-state index contributed by atoms with van der Waals surface area (Å²) >= 11 is 0. The summed E-state index contributed by atoms with van der Waals surface area (Å²) in [5.41, 5.74) is 6.85.